The van der Waals surface area contributed by atoms with Crippen molar-refractivity contribution in [2.45, 2.75) is 31.3 Å². The lowest BCUT2D eigenvalue weighted by molar-refractivity contribution is 0.102. The minimum absolute atomic E-state index is 0.0815. The highest BCUT2D eigenvalue weighted by Crippen LogP contribution is 2.30. The summed E-state index contributed by atoms with van der Waals surface area (Å²) in [4.78, 5) is 14.9. The van der Waals surface area contributed by atoms with Crippen LogP contribution in [0, 0.1) is 6.92 Å². The van der Waals surface area contributed by atoms with Crippen molar-refractivity contribution in [1.29, 1.82) is 0 Å². The monoisotopic (exact) mass is 424 g/mol. The Morgan fingerprint density at radius 2 is 1.77 bits per heavy atom. The zero-order chi connectivity index (χ0) is 21.1. The highest BCUT2D eigenvalue weighted by Gasteiger charge is 2.22. The van der Waals surface area contributed by atoms with E-state index in [4.69, 9.17) is 0 Å². The Morgan fingerprint density at radius 3 is 2.47 bits per heavy atom. The second kappa shape index (κ2) is 8.79. The van der Waals surface area contributed by atoms with E-state index in [1.807, 2.05) is 35.8 Å². The van der Waals surface area contributed by atoms with E-state index in [1.165, 1.54) is 41.9 Å². The van der Waals surface area contributed by atoms with Crippen molar-refractivity contribution in [2.24, 2.45) is 0 Å². The summed E-state index contributed by atoms with van der Waals surface area (Å²) >= 11 is 1.29. The van der Waals surface area contributed by atoms with Crippen molar-refractivity contribution in [3.63, 3.8) is 0 Å². The van der Waals surface area contributed by atoms with Gasteiger partial charge in [0.2, 0.25) is 5.95 Å². The van der Waals surface area contributed by atoms with Gasteiger partial charge < -0.3 is 15.1 Å². The number of Topliss-reactive ketones (excluding diaryl/α,β-unsaturated/α-hetero) is 1. The third kappa shape index (κ3) is 4.28. The van der Waals surface area contributed by atoms with E-state index in [2.05, 4.69) is 15.1 Å². The molecule has 3 aromatic rings. The summed E-state index contributed by atoms with van der Waals surface area (Å²) in [6.45, 7) is 3.92. The molecule has 1 aliphatic heterocycles. The summed E-state index contributed by atoms with van der Waals surface area (Å²) < 4.78 is 2.00. The number of ketones is 1. The molecule has 7 nitrogen and oxygen atoms in total. The number of aromatic nitrogens is 3. The van der Waals surface area contributed by atoms with E-state index in [9.17, 15) is 15.0 Å². The number of carbonyl (C=O) groups is 1. The molecule has 8 heteroatoms. The van der Waals surface area contributed by atoms with E-state index < -0.39 is 0 Å². The second-order valence-corrected chi connectivity index (χ2v) is 8.36. The number of aromatic hydroxyl groups is 2. The number of hydrogen-bond donors (Lipinski definition) is 2. The van der Waals surface area contributed by atoms with Gasteiger partial charge in [-0.2, -0.15) is 0 Å². The number of phenols is 2. The molecule has 2 aromatic carbocycles. The van der Waals surface area contributed by atoms with Crippen molar-refractivity contribution in [3.8, 4) is 17.2 Å². The number of aryl methyl sites for hydroxylation is 1. The lowest BCUT2D eigenvalue weighted by Gasteiger charge is -2.27. The van der Waals surface area contributed by atoms with Crippen LogP contribution >= 0.6 is 11.8 Å². The van der Waals surface area contributed by atoms with Gasteiger partial charge in [-0.15, -0.1) is 10.2 Å². The Kier molecular flexibility index (Phi) is 5.94. The topological polar surface area (TPSA) is 91.5 Å². The second-order valence-electron chi connectivity index (χ2n) is 7.41. The number of phenolic OH excluding ortho intramolecular Hbond substituents is 2. The predicted octanol–water partition coefficient (Wildman–Crippen LogP) is 3.95. The van der Waals surface area contributed by atoms with Gasteiger partial charge >= 0.3 is 0 Å². The molecule has 0 saturated carbocycles. The SMILES string of the molecule is Cc1ccc(-n2c(SCC(=O)c3ccc(O)cc3O)nnc2N2CCCCC2)cc1. The maximum Gasteiger partial charge on any atom is 0.232 e. The Bertz CT molecular complexity index is 1040. The zero-order valence-corrected chi connectivity index (χ0v) is 17.6. The first kappa shape index (κ1) is 20.3. The van der Waals surface area contributed by atoms with Crippen LogP contribution in [0.1, 0.15) is 35.2 Å². The normalized spacial score (nSPS) is 14.1. The van der Waals surface area contributed by atoms with Crippen molar-refractivity contribution >= 4 is 23.5 Å². The van der Waals surface area contributed by atoms with E-state index >= 15 is 0 Å². The van der Waals surface area contributed by atoms with Crippen LogP contribution in [0.5, 0.6) is 11.5 Å². The van der Waals surface area contributed by atoms with Crippen molar-refractivity contribution in [2.75, 3.05) is 23.7 Å². The van der Waals surface area contributed by atoms with Crippen LogP contribution in [-0.2, 0) is 0 Å². The Balaban J connectivity index is 1.61. The first-order valence-corrected chi connectivity index (χ1v) is 11.0. The molecule has 0 bridgehead atoms. The predicted molar refractivity (Wildman–Crippen MR) is 117 cm³/mol. The van der Waals surface area contributed by atoms with E-state index in [0.29, 0.717) is 5.16 Å². The van der Waals surface area contributed by atoms with Crippen LogP contribution in [0.4, 0.5) is 5.95 Å². The van der Waals surface area contributed by atoms with Gasteiger partial charge in [0, 0.05) is 19.2 Å². The van der Waals surface area contributed by atoms with Gasteiger partial charge in [0.1, 0.15) is 11.5 Å². The van der Waals surface area contributed by atoms with Gasteiger partial charge in [-0.3, -0.25) is 9.36 Å². The van der Waals surface area contributed by atoms with E-state index in [0.717, 1.165) is 37.6 Å². The zero-order valence-electron chi connectivity index (χ0n) is 16.8. The molecule has 0 radical (unpaired) electrons. The summed E-state index contributed by atoms with van der Waals surface area (Å²) in [5, 5.41) is 28.8. The van der Waals surface area contributed by atoms with Crippen molar-refractivity contribution < 1.29 is 15.0 Å². The van der Waals surface area contributed by atoms with Gasteiger partial charge in [0.05, 0.1) is 17.0 Å². The summed E-state index contributed by atoms with van der Waals surface area (Å²) in [5.41, 5.74) is 2.30. The molecule has 0 amide bonds. The van der Waals surface area contributed by atoms with Crippen LogP contribution < -0.4 is 4.90 Å². The molecule has 2 heterocycles. The Morgan fingerprint density at radius 1 is 1.03 bits per heavy atom. The van der Waals surface area contributed by atoms with Crippen LogP contribution in [0.25, 0.3) is 5.69 Å². The van der Waals surface area contributed by atoms with Crippen LogP contribution in [0.3, 0.4) is 0 Å². The third-order valence-corrected chi connectivity index (χ3v) is 6.09. The number of anilines is 1. The standard InChI is InChI=1S/C22H24N4O3S/c1-15-5-7-16(8-6-15)26-21(25-11-3-2-4-12-25)23-24-22(26)30-14-20(29)18-10-9-17(27)13-19(18)28/h5-10,13,27-28H,2-4,11-12,14H2,1H3. The summed E-state index contributed by atoms with van der Waals surface area (Å²) in [5.74, 6) is 0.343. The summed E-state index contributed by atoms with van der Waals surface area (Å²) in [7, 11) is 0. The van der Waals surface area contributed by atoms with Crippen molar-refractivity contribution in [3.05, 3.63) is 53.6 Å². The molecule has 4 rings (SSSR count). The maximum absolute atomic E-state index is 12.6. The van der Waals surface area contributed by atoms with Gasteiger partial charge in [-0.05, 0) is 50.5 Å². The number of hydrogen-bond acceptors (Lipinski definition) is 7. The lowest BCUT2D eigenvalue weighted by atomic mass is 10.1. The van der Waals surface area contributed by atoms with Gasteiger partial charge in [0.25, 0.3) is 0 Å². The van der Waals surface area contributed by atoms with Crippen LogP contribution in [0.2, 0.25) is 0 Å². The van der Waals surface area contributed by atoms with E-state index in [1.54, 1.807) is 0 Å². The van der Waals surface area contributed by atoms with Gasteiger partial charge in [0.15, 0.2) is 10.9 Å². The Labute approximate surface area is 179 Å². The van der Waals surface area contributed by atoms with E-state index in [-0.39, 0.29) is 28.6 Å². The fraction of sp³-hybridized carbons (Fsp3) is 0.318. The molecule has 156 valence electrons. The largest absolute Gasteiger partial charge is 0.508 e. The Hall–Kier alpha value is -3.00. The number of thioether (sulfide) groups is 1. The summed E-state index contributed by atoms with van der Waals surface area (Å²) in [6, 6.07) is 12.1. The summed E-state index contributed by atoms with van der Waals surface area (Å²) in [6.07, 6.45) is 3.48. The molecule has 0 atom stereocenters. The molecule has 1 aromatic heterocycles. The smallest absolute Gasteiger partial charge is 0.232 e. The number of carbonyl (C=O) groups excluding carboxylic acids is 1. The minimum Gasteiger partial charge on any atom is -0.508 e. The molecule has 1 aliphatic rings. The van der Waals surface area contributed by atoms with Gasteiger partial charge in [-0.25, -0.2) is 0 Å². The molecule has 0 aliphatic carbocycles. The first-order valence-electron chi connectivity index (χ1n) is 9.98. The third-order valence-electron chi connectivity index (χ3n) is 5.16. The molecular weight excluding hydrogens is 400 g/mol. The molecule has 30 heavy (non-hydrogen) atoms. The number of nitrogens with zero attached hydrogens (tertiary/aromatic N) is 4. The molecular formula is C22H24N4O3S. The maximum atomic E-state index is 12.6. The number of benzene rings is 2. The molecule has 1 fully saturated rings. The van der Waals surface area contributed by atoms with Crippen LogP contribution in [-0.4, -0.2) is 49.6 Å². The minimum atomic E-state index is -0.240. The first-order chi connectivity index (χ1) is 14.5. The highest BCUT2D eigenvalue weighted by atomic mass is 32.2. The quantitative estimate of drug-likeness (QED) is 0.457. The number of piperidine rings is 1. The van der Waals surface area contributed by atoms with Gasteiger partial charge in [-0.1, -0.05) is 29.5 Å². The fourth-order valence-corrected chi connectivity index (χ4v) is 4.37. The highest BCUT2D eigenvalue weighted by molar-refractivity contribution is 7.99. The average molecular weight is 425 g/mol. The van der Waals surface area contributed by atoms with Crippen LogP contribution in [0.15, 0.2) is 47.6 Å². The number of rotatable bonds is 6. The molecule has 2 N–H and O–H groups in total. The molecule has 0 spiro atoms. The fourth-order valence-electron chi connectivity index (χ4n) is 3.54. The average Bonchev–Trinajstić information content (AvgIpc) is 3.17. The molecule has 0 unspecified atom stereocenters. The molecule has 1 saturated heterocycles. The van der Waals surface area contributed by atoms with Crippen molar-refractivity contribution in [1.82, 2.24) is 14.8 Å². The lowest BCUT2D eigenvalue weighted by Crippen LogP contribution is -2.31.